The van der Waals surface area contributed by atoms with Crippen LogP contribution in [-0.4, -0.2) is 33.8 Å². The van der Waals surface area contributed by atoms with E-state index in [9.17, 15) is 9.59 Å². The highest BCUT2D eigenvalue weighted by atomic mass is 32.1. The van der Waals surface area contributed by atoms with Crippen molar-refractivity contribution in [1.82, 2.24) is 14.8 Å². The van der Waals surface area contributed by atoms with Crippen molar-refractivity contribution < 1.29 is 4.79 Å². The molecule has 1 amide bonds. The van der Waals surface area contributed by atoms with Crippen LogP contribution in [-0.2, 0) is 11.3 Å². The van der Waals surface area contributed by atoms with Gasteiger partial charge in [-0.05, 0) is 48.9 Å². The summed E-state index contributed by atoms with van der Waals surface area (Å²) in [5.41, 5.74) is 3.45. The summed E-state index contributed by atoms with van der Waals surface area (Å²) in [4.78, 5) is 31.3. The van der Waals surface area contributed by atoms with Crippen molar-refractivity contribution in [2.75, 3.05) is 23.3 Å². The molecule has 29 heavy (non-hydrogen) atoms. The van der Waals surface area contributed by atoms with Crippen LogP contribution in [0.25, 0.3) is 10.2 Å². The van der Waals surface area contributed by atoms with Crippen molar-refractivity contribution in [2.24, 2.45) is 5.41 Å². The molecule has 1 spiro atoms. The zero-order chi connectivity index (χ0) is 19.8. The van der Waals surface area contributed by atoms with E-state index >= 15 is 0 Å². The zero-order valence-electron chi connectivity index (χ0n) is 16.1. The fourth-order valence-electron chi connectivity index (χ4n) is 4.66. The van der Waals surface area contributed by atoms with Gasteiger partial charge < -0.3 is 10.2 Å². The number of carbonyl (C=O) groups excluding carboxylic acids is 1. The van der Waals surface area contributed by atoms with Gasteiger partial charge in [0.2, 0.25) is 5.91 Å². The second-order valence-corrected chi connectivity index (χ2v) is 9.04. The number of thiazole rings is 1. The molecule has 0 radical (unpaired) electrons. The highest BCUT2D eigenvalue weighted by Gasteiger charge is 2.40. The van der Waals surface area contributed by atoms with E-state index in [1.54, 1.807) is 22.9 Å². The number of nitrogens with zero attached hydrogens (tertiary/aromatic N) is 4. The van der Waals surface area contributed by atoms with E-state index in [4.69, 9.17) is 0 Å². The summed E-state index contributed by atoms with van der Waals surface area (Å²) < 4.78 is 2.32. The van der Waals surface area contributed by atoms with E-state index in [1.165, 1.54) is 42.9 Å². The second-order valence-electron chi connectivity index (χ2n) is 8.15. The first-order valence-electron chi connectivity index (χ1n) is 10.1. The Hall–Kier alpha value is -2.74. The minimum absolute atomic E-state index is 0.110. The fourth-order valence-corrected chi connectivity index (χ4v) is 5.31. The molecule has 1 aliphatic heterocycles. The predicted molar refractivity (Wildman–Crippen MR) is 114 cm³/mol. The van der Waals surface area contributed by atoms with Gasteiger partial charge in [0.1, 0.15) is 12.4 Å². The summed E-state index contributed by atoms with van der Waals surface area (Å²) >= 11 is 1.56. The molecule has 0 unspecified atom stereocenters. The van der Waals surface area contributed by atoms with Crippen molar-refractivity contribution >= 4 is 39.0 Å². The Kier molecular flexibility index (Phi) is 4.58. The van der Waals surface area contributed by atoms with Gasteiger partial charge in [-0.2, -0.15) is 5.10 Å². The van der Waals surface area contributed by atoms with Gasteiger partial charge in [0, 0.05) is 24.8 Å². The van der Waals surface area contributed by atoms with Crippen LogP contribution in [0.2, 0.25) is 0 Å². The molecule has 0 atom stereocenters. The smallest absolute Gasteiger partial charge is 0.267 e. The zero-order valence-corrected chi connectivity index (χ0v) is 17.0. The van der Waals surface area contributed by atoms with Gasteiger partial charge in [-0.3, -0.25) is 9.59 Å². The molecule has 1 N–H and O–H groups in total. The highest BCUT2D eigenvalue weighted by Crippen LogP contribution is 2.45. The maximum Gasteiger partial charge on any atom is 0.267 e. The Morgan fingerprint density at radius 1 is 1.17 bits per heavy atom. The predicted octanol–water partition coefficient (Wildman–Crippen LogP) is 3.26. The van der Waals surface area contributed by atoms with Gasteiger partial charge in [-0.15, -0.1) is 11.3 Å². The number of aromatic nitrogens is 3. The van der Waals surface area contributed by atoms with Crippen LogP contribution in [0.3, 0.4) is 0 Å². The minimum atomic E-state index is -0.278. The van der Waals surface area contributed by atoms with Crippen LogP contribution >= 0.6 is 11.3 Å². The monoisotopic (exact) mass is 409 g/mol. The third kappa shape index (κ3) is 3.64. The van der Waals surface area contributed by atoms with Gasteiger partial charge in [0.05, 0.1) is 15.7 Å². The summed E-state index contributed by atoms with van der Waals surface area (Å²) in [7, 11) is 0. The Morgan fingerprint density at radius 3 is 2.90 bits per heavy atom. The Bertz CT molecular complexity index is 1120. The molecule has 1 saturated carbocycles. The van der Waals surface area contributed by atoms with E-state index in [-0.39, 0.29) is 18.0 Å². The van der Waals surface area contributed by atoms with Crippen LogP contribution in [0.5, 0.6) is 0 Å². The van der Waals surface area contributed by atoms with E-state index < -0.39 is 0 Å². The number of carbonyl (C=O) groups is 1. The fraction of sp³-hybridized carbons (Fsp3) is 0.429. The number of amides is 1. The molecular weight excluding hydrogens is 386 g/mol. The highest BCUT2D eigenvalue weighted by molar-refractivity contribution is 7.16. The van der Waals surface area contributed by atoms with Gasteiger partial charge in [0.15, 0.2) is 0 Å². The summed E-state index contributed by atoms with van der Waals surface area (Å²) in [6.45, 7) is 1.85. The van der Waals surface area contributed by atoms with Gasteiger partial charge in [-0.25, -0.2) is 9.67 Å². The molecule has 5 rings (SSSR count). The minimum Gasteiger partial charge on any atom is -0.355 e. The number of hydrogen-bond donors (Lipinski definition) is 1. The van der Waals surface area contributed by atoms with Gasteiger partial charge in [0.25, 0.3) is 5.56 Å². The topological polar surface area (TPSA) is 80.1 Å². The van der Waals surface area contributed by atoms with E-state index in [2.05, 4.69) is 20.3 Å². The normalized spacial score (nSPS) is 18.0. The summed E-state index contributed by atoms with van der Waals surface area (Å²) in [6, 6.07) is 8.90. The Labute approximate surface area is 172 Å². The molecule has 3 heterocycles. The van der Waals surface area contributed by atoms with Crippen LogP contribution in [0.4, 0.5) is 11.5 Å². The van der Waals surface area contributed by atoms with Crippen molar-refractivity contribution in [3.8, 4) is 0 Å². The van der Waals surface area contributed by atoms with Crippen molar-refractivity contribution in [1.29, 1.82) is 0 Å². The number of benzene rings is 1. The number of nitrogens with one attached hydrogen (secondary N) is 1. The largest absolute Gasteiger partial charge is 0.355 e. The lowest BCUT2D eigenvalue weighted by Crippen LogP contribution is -2.32. The SMILES string of the molecule is O=C(Cn1nc(N2CCC3(CCCC3)C2)ccc1=O)Nc1ccc2scnc2c1. The first-order chi connectivity index (χ1) is 14.1. The lowest BCUT2D eigenvalue weighted by molar-refractivity contribution is -0.117. The standard InChI is InChI=1S/C21H23N5O2S/c27-19(23-15-3-4-17-16(11-15)22-14-29-17)12-26-20(28)6-5-18(24-26)25-10-9-21(13-25)7-1-2-8-21/h3-6,11,14H,1-2,7-10,12-13H2,(H,23,27). The van der Waals surface area contributed by atoms with Crippen molar-refractivity contribution in [3.63, 3.8) is 0 Å². The number of fused-ring (bicyclic) bond motifs is 1. The second kappa shape index (κ2) is 7.26. The molecule has 2 aromatic heterocycles. The maximum atomic E-state index is 12.5. The first kappa shape index (κ1) is 18.3. The maximum absolute atomic E-state index is 12.5. The molecule has 8 heteroatoms. The van der Waals surface area contributed by atoms with Crippen molar-refractivity contribution in [2.45, 2.75) is 38.6 Å². The van der Waals surface area contributed by atoms with E-state index in [0.29, 0.717) is 11.1 Å². The molecule has 1 aliphatic carbocycles. The lowest BCUT2D eigenvalue weighted by atomic mass is 9.86. The van der Waals surface area contributed by atoms with Crippen molar-refractivity contribution in [3.05, 3.63) is 46.2 Å². The Balaban J connectivity index is 1.29. The van der Waals surface area contributed by atoms with Gasteiger partial charge in [-0.1, -0.05) is 12.8 Å². The van der Waals surface area contributed by atoms with Gasteiger partial charge >= 0.3 is 0 Å². The van der Waals surface area contributed by atoms with Crippen LogP contribution in [0.1, 0.15) is 32.1 Å². The average Bonchev–Trinajstić information content (AvgIpc) is 3.45. The molecule has 7 nitrogen and oxygen atoms in total. The summed E-state index contributed by atoms with van der Waals surface area (Å²) in [5, 5.41) is 7.33. The summed E-state index contributed by atoms with van der Waals surface area (Å²) in [5.74, 6) is 0.505. The van der Waals surface area contributed by atoms with Crippen LogP contribution < -0.4 is 15.8 Å². The molecule has 1 aromatic carbocycles. The molecule has 2 fully saturated rings. The summed E-state index contributed by atoms with van der Waals surface area (Å²) in [6.07, 6.45) is 6.39. The molecule has 1 saturated heterocycles. The number of hydrogen-bond acceptors (Lipinski definition) is 6. The lowest BCUT2D eigenvalue weighted by Gasteiger charge is -2.24. The third-order valence-corrected chi connectivity index (χ3v) is 7.00. The van der Waals surface area contributed by atoms with E-state index in [0.717, 1.165) is 29.1 Å². The molecule has 2 aliphatic rings. The average molecular weight is 410 g/mol. The molecule has 3 aromatic rings. The Morgan fingerprint density at radius 2 is 2.03 bits per heavy atom. The number of anilines is 2. The van der Waals surface area contributed by atoms with E-state index in [1.807, 2.05) is 18.2 Å². The first-order valence-corrected chi connectivity index (χ1v) is 10.9. The van der Waals surface area contributed by atoms with Crippen LogP contribution in [0, 0.1) is 5.41 Å². The van der Waals surface area contributed by atoms with Crippen LogP contribution in [0.15, 0.2) is 40.6 Å². The third-order valence-electron chi connectivity index (χ3n) is 6.19. The molecular formula is C21H23N5O2S. The number of rotatable bonds is 4. The molecule has 150 valence electrons. The molecule has 0 bridgehead atoms. The quantitative estimate of drug-likeness (QED) is 0.715.